The fourth-order valence-corrected chi connectivity index (χ4v) is 1.84. The van der Waals surface area contributed by atoms with Crippen LogP contribution in [0.3, 0.4) is 0 Å². The van der Waals surface area contributed by atoms with Gasteiger partial charge in [0.2, 0.25) is 0 Å². The Balaban J connectivity index is 2.27. The van der Waals surface area contributed by atoms with Crippen molar-refractivity contribution in [2.24, 2.45) is 0 Å². The van der Waals surface area contributed by atoms with Gasteiger partial charge in [0, 0.05) is 0 Å². The fourth-order valence-electron chi connectivity index (χ4n) is 1.84. The summed E-state index contributed by atoms with van der Waals surface area (Å²) in [7, 11) is 0. The van der Waals surface area contributed by atoms with E-state index in [-0.39, 0.29) is 18.2 Å². The van der Waals surface area contributed by atoms with Crippen molar-refractivity contribution in [2.45, 2.75) is 19.1 Å². The van der Waals surface area contributed by atoms with E-state index < -0.39 is 0 Å². The van der Waals surface area contributed by atoms with Crippen molar-refractivity contribution < 1.29 is 9.53 Å². The molecule has 2 atom stereocenters. The minimum Gasteiger partial charge on any atom is -0.439 e. The SMILES string of the molecule is C=C=CN1C(=O)O[C@H](c2ccccc2)[C@H]1C. The second-order valence-electron chi connectivity index (χ2n) is 3.70. The Labute approximate surface area is 94.6 Å². The minimum absolute atomic E-state index is 0.0378. The molecule has 0 aliphatic carbocycles. The third-order valence-corrected chi connectivity index (χ3v) is 2.67. The molecule has 1 aromatic carbocycles. The van der Waals surface area contributed by atoms with Crippen LogP contribution in [0.15, 0.2) is 48.8 Å². The molecule has 1 aliphatic rings. The molecule has 1 aromatic rings. The van der Waals surface area contributed by atoms with Crippen molar-refractivity contribution in [1.82, 2.24) is 4.90 Å². The molecule has 1 fully saturated rings. The average molecular weight is 215 g/mol. The van der Waals surface area contributed by atoms with Crippen LogP contribution in [0.1, 0.15) is 18.6 Å². The van der Waals surface area contributed by atoms with Crippen LogP contribution in [-0.2, 0) is 4.74 Å². The number of rotatable bonds is 2. The van der Waals surface area contributed by atoms with Crippen molar-refractivity contribution in [3.05, 3.63) is 54.4 Å². The average Bonchev–Trinajstić information content (AvgIpc) is 2.59. The summed E-state index contributed by atoms with van der Waals surface area (Å²) >= 11 is 0. The number of carbonyl (C=O) groups is 1. The topological polar surface area (TPSA) is 29.5 Å². The number of ether oxygens (including phenoxy) is 1. The van der Waals surface area contributed by atoms with Crippen molar-refractivity contribution in [3.63, 3.8) is 0 Å². The molecule has 0 saturated carbocycles. The van der Waals surface area contributed by atoms with Gasteiger partial charge in [-0.15, -0.1) is 5.73 Å². The van der Waals surface area contributed by atoms with E-state index in [4.69, 9.17) is 4.74 Å². The first-order chi connectivity index (χ1) is 7.74. The van der Waals surface area contributed by atoms with Crippen LogP contribution in [0.25, 0.3) is 0 Å². The van der Waals surface area contributed by atoms with Crippen LogP contribution in [0.2, 0.25) is 0 Å². The molecule has 2 rings (SSSR count). The molecule has 0 bridgehead atoms. The number of hydrogen-bond donors (Lipinski definition) is 0. The summed E-state index contributed by atoms with van der Waals surface area (Å²) in [5.74, 6) is 0. The predicted molar refractivity (Wildman–Crippen MR) is 60.7 cm³/mol. The molecule has 3 nitrogen and oxygen atoms in total. The first-order valence-electron chi connectivity index (χ1n) is 5.14. The predicted octanol–water partition coefficient (Wildman–Crippen LogP) is 2.87. The number of benzene rings is 1. The molecule has 0 N–H and O–H groups in total. The number of cyclic esters (lactones) is 1. The van der Waals surface area contributed by atoms with Crippen LogP contribution in [0, 0.1) is 0 Å². The third kappa shape index (κ3) is 1.73. The van der Waals surface area contributed by atoms with Gasteiger partial charge >= 0.3 is 6.09 Å². The zero-order valence-electron chi connectivity index (χ0n) is 9.09. The van der Waals surface area contributed by atoms with Gasteiger partial charge in [0.15, 0.2) is 0 Å². The fraction of sp³-hybridized carbons (Fsp3) is 0.231. The van der Waals surface area contributed by atoms with Gasteiger partial charge in [0.05, 0.1) is 12.2 Å². The van der Waals surface area contributed by atoms with E-state index in [9.17, 15) is 4.79 Å². The number of amides is 1. The molecule has 1 amide bonds. The Morgan fingerprint density at radius 2 is 2.12 bits per heavy atom. The van der Waals surface area contributed by atoms with Crippen molar-refractivity contribution in [1.29, 1.82) is 0 Å². The lowest BCUT2D eigenvalue weighted by Crippen LogP contribution is -2.26. The lowest BCUT2D eigenvalue weighted by molar-refractivity contribution is 0.132. The molecule has 1 aliphatic heterocycles. The van der Waals surface area contributed by atoms with Gasteiger partial charge in [-0.3, -0.25) is 4.90 Å². The van der Waals surface area contributed by atoms with E-state index in [0.717, 1.165) is 5.56 Å². The van der Waals surface area contributed by atoms with E-state index in [1.165, 1.54) is 11.1 Å². The Morgan fingerprint density at radius 1 is 1.44 bits per heavy atom. The van der Waals surface area contributed by atoms with Crippen molar-refractivity contribution >= 4 is 6.09 Å². The summed E-state index contributed by atoms with van der Waals surface area (Å²) in [5.41, 5.74) is 3.60. The maximum absolute atomic E-state index is 11.6. The highest BCUT2D eigenvalue weighted by Gasteiger charge is 2.38. The molecule has 0 spiro atoms. The monoisotopic (exact) mass is 215 g/mol. The van der Waals surface area contributed by atoms with E-state index >= 15 is 0 Å². The maximum atomic E-state index is 11.6. The Hall–Kier alpha value is -1.99. The van der Waals surface area contributed by atoms with Crippen molar-refractivity contribution in [2.75, 3.05) is 0 Å². The zero-order chi connectivity index (χ0) is 11.5. The first-order valence-corrected chi connectivity index (χ1v) is 5.14. The van der Waals surface area contributed by atoms with Gasteiger partial charge < -0.3 is 4.74 Å². The molecule has 0 aromatic heterocycles. The van der Waals surface area contributed by atoms with Gasteiger partial charge in [-0.1, -0.05) is 36.9 Å². The Morgan fingerprint density at radius 3 is 2.75 bits per heavy atom. The number of nitrogens with zero attached hydrogens (tertiary/aromatic N) is 1. The normalized spacial score (nSPS) is 23.8. The van der Waals surface area contributed by atoms with E-state index in [1.54, 1.807) is 0 Å². The van der Waals surface area contributed by atoms with E-state index in [0.29, 0.717) is 0 Å². The van der Waals surface area contributed by atoms with Gasteiger partial charge in [-0.2, -0.15) is 0 Å². The summed E-state index contributed by atoms with van der Waals surface area (Å²) in [4.78, 5) is 13.1. The lowest BCUT2D eigenvalue weighted by Gasteiger charge is -2.16. The Kier molecular flexibility index (Phi) is 2.80. The summed E-state index contributed by atoms with van der Waals surface area (Å²) in [6.07, 6.45) is 0.950. The highest BCUT2D eigenvalue weighted by Crippen LogP contribution is 2.32. The summed E-state index contributed by atoms with van der Waals surface area (Å²) in [6, 6.07) is 9.67. The second kappa shape index (κ2) is 4.25. The van der Waals surface area contributed by atoms with E-state index in [1.807, 2.05) is 37.3 Å². The number of carbonyl (C=O) groups excluding carboxylic acids is 1. The van der Waals surface area contributed by atoms with Gasteiger partial charge in [-0.25, -0.2) is 4.79 Å². The summed E-state index contributed by atoms with van der Waals surface area (Å²) < 4.78 is 5.31. The molecular formula is C13H13NO2. The zero-order valence-corrected chi connectivity index (χ0v) is 9.09. The van der Waals surface area contributed by atoms with Crippen LogP contribution in [0.4, 0.5) is 4.79 Å². The minimum atomic E-state index is -0.350. The van der Waals surface area contributed by atoms with Gasteiger partial charge in [-0.05, 0) is 12.5 Å². The third-order valence-electron chi connectivity index (χ3n) is 2.67. The standard InChI is InChI=1S/C13H13NO2/c1-3-9-14-10(2)12(16-13(14)15)11-7-5-4-6-8-11/h4-10,12H,1H2,2H3/t10-,12+/m1/s1. The van der Waals surface area contributed by atoms with Crippen LogP contribution >= 0.6 is 0 Å². The second-order valence-corrected chi connectivity index (χ2v) is 3.70. The smallest absolute Gasteiger partial charge is 0.415 e. The molecule has 1 heterocycles. The van der Waals surface area contributed by atoms with Gasteiger partial charge in [0.1, 0.15) is 6.10 Å². The van der Waals surface area contributed by atoms with Crippen LogP contribution in [-0.4, -0.2) is 17.0 Å². The van der Waals surface area contributed by atoms with E-state index in [2.05, 4.69) is 12.3 Å². The van der Waals surface area contributed by atoms with Crippen LogP contribution in [0.5, 0.6) is 0 Å². The Bertz CT molecular complexity index is 435. The molecular weight excluding hydrogens is 202 g/mol. The molecule has 3 heteroatoms. The summed E-state index contributed by atoms with van der Waals surface area (Å²) in [6.45, 7) is 5.40. The highest BCUT2D eigenvalue weighted by molar-refractivity contribution is 5.72. The van der Waals surface area contributed by atoms with Crippen LogP contribution < -0.4 is 0 Å². The molecule has 0 unspecified atom stereocenters. The maximum Gasteiger partial charge on any atom is 0.415 e. The molecule has 82 valence electrons. The lowest BCUT2D eigenvalue weighted by atomic mass is 10.0. The largest absolute Gasteiger partial charge is 0.439 e. The summed E-state index contributed by atoms with van der Waals surface area (Å²) in [5, 5.41) is 0. The molecule has 0 radical (unpaired) electrons. The molecule has 16 heavy (non-hydrogen) atoms. The quantitative estimate of drug-likeness (QED) is 0.710. The molecule has 1 saturated heterocycles. The number of hydrogen-bond acceptors (Lipinski definition) is 2. The van der Waals surface area contributed by atoms with Gasteiger partial charge in [0.25, 0.3) is 0 Å². The highest BCUT2D eigenvalue weighted by atomic mass is 16.6. The van der Waals surface area contributed by atoms with Crippen molar-refractivity contribution in [3.8, 4) is 0 Å². The first kappa shape index (κ1) is 10.5.